The van der Waals surface area contributed by atoms with E-state index in [2.05, 4.69) is 37.3 Å². The molecule has 0 aliphatic rings. The zero-order valence-electron chi connectivity index (χ0n) is 16.3. The Morgan fingerprint density at radius 3 is 2.61 bits per heavy atom. The molecule has 2 aromatic heterocycles. The van der Waals surface area contributed by atoms with Crippen molar-refractivity contribution in [1.29, 1.82) is 0 Å². The molecule has 0 aliphatic carbocycles. The molecule has 0 fully saturated rings. The van der Waals surface area contributed by atoms with Crippen LogP contribution in [0, 0.1) is 6.92 Å². The van der Waals surface area contributed by atoms with Crippen LogP contribution in [0.15, 0.2) is 48.5 Å². The number of carboxylic acids is 1. The average Bonchev–Trinajstić information content (AvgIpc) is 3.30. The Hall–Kier alpha value is -1.89. The van der Waals surface area contributed by atoms with Gasteiger partial charge in [0.15, 0.2) is 0 Å². The molecule has 0 saturated heterocycles. The summed E-state index contributed by atoms with van der Waals surface area (Å²) in [5.74, 6) is 0.0909. The summed E-state index contributed by atoms with van der Waals surface area (Å²) in [5, 5.41) is 9.70. The molecule has 0 amide bonds. The minimum Gasteiger partial charge on any atom is -0.481 e. The Kier molecular flexibility index (Phi) is 9.47. The fourth-order valence-electron chi connectivity index (χ4n) is 2.42. The van der Waals surface area contributed by atoms with Gasteiger partial charge in [-0.05, 0) is 25.1 Å². The number of thiophene rings is 1. The molecule has 0 aliphatic heterocycles. The summed E-state index contributed by atoms with van der Waals surface area (Å²) < 4.78 is 0. The third-order valence-corrected chi connectivity index (χ3v) is 6.65. The monoisotopic (exact) mass is 431 g/mol. The number of hydrogen-bond acceptors (Lipinski definition) is 5. The van der Waals surface area contributed by atoms with Crippen molar-refractivity contribution in [2.24, 2.45) is 0 Å². The minimum atomic E-state index is -0.768. The molecule has 3 aromatic rings. The molecule has 1 aromatic carbocycles. The van der Waals surface area contributed by atoms with Crippen molar-refractivity contribution in [3.8, 4) is 10.6 Å². The molecule has 3 rings (SSSR count). The summed E-state index contributed by atoms with van der Waals surface area (Å²) in [6.45, 7) is 6.13. The molecule has 0 radical (unpaired) electrons. The maximum Gasteiger partial charge on any atom is 0.313 e. The lowest BCUT2D eigenvalue weighted by Crippen LogP contribution is -1.97. The SMILES string of the molecule is CC.Cc1sc(-c2ccccc2)nc1Cc1ccc(/C=C/CSCC(=O)O)s1. The molecule has 0 bridgehead atoms. The maximum atomic E-state index is 10.5. The van der Waals surface area contributed by atoms with Crippen LogP contribution in [0.25, 0.3) is 16.6 Å². The normalized spacial score (nSPS) is 10.7. The Bertz CT molecular complexity index is 898. The standard InChI is InChI=1S/C20H19NO2S3.C2H6/c1-14-18(21-20(25-14)15-6-3-2-4-7-15)12-17-10-9-16(26-17)8-5-11-24-13-19(22)23;1-2/h2-10H,11-13H2,1H3,(H,22,23);1-2H3/b8-5+;. The summed E-state index contributed by atoms with van der Waals surface area (Å²) in [7, 11) is 0. The molecule has 1 N–H and O–H groups in total. The summed E-state index contributed by atoms with van der Waals surface area (Å²) >= 11 is 4.90. The molecule has 0 spiro atoms. The fourth-order valence-corrected chi connectivity index (χ4v) is 4.83. The number of nitrogens with zero attached hydrogens (tertiary/aromatic N) is 1. The Balaban J connectivity index is 0.00000136. The van der Waals surface area contributed by atoms with Gasteiger partial charge in [-0.2, -0.15) is 0 Å². The Morgan fingerprint density at radius 1 is 1.14 bits per heavy atom. The van der Waals surface area contributed by atoms with Gasteiger partial charge in [0.25, 0.3) is 0 Å². The first kappa shape index (κ1) is 22.4. The van der Waals surface area contributed by atoms with E-state index < -0.39 is 5.97 Å². The van der Waals surface area contributed by atoms with Crippen molar-refractivity contribution in [1.82, 2.24) is 4.98 Å². The first-order valence-electron chi connectivity index (χ1n) is 9.18. The third kappa shape index (κ3) is 6.93. The lowest BCUT2D eigenvalue weighted by Gasteiger charge is -1.95. The molecule has 0 atom stereocenters. The predicted octanol–water partition coefficient (Wildman–Crippen LogP) is 6.63. The molecule has 2 heterocycles. The molecule has 6 heteroatoms. The van der Waals surface area contributed by atoms with Crippen LogP contribution in [0.2, 0.25) is 0 Å². The number of carboxylic acid groups (broad SMARTS) is 1. The van der Waals surface area contributed by atoms with Crippen LogP contribution in [0.1, 0.15) is 34.2 Å². The molecule has 0 unspecified atom stereocenters. The van der Waals surface area contributed by atoms with E-state index in [0.717, 1.165) is 17.1 Å². The van der Waals surface area contributed by atoms with Crippen LogP contribution in [-0.4, -0.2) is 27.6 Å². The van der Waals surface area contributed by atoms with Crippen LogP contribution >= 0.6 is 34.4 Å². The molecular weight excluding hydrogens is 406 g/mol. The van der Waals surface area contributed by atoms with E-state index in [-0.39, 0.29) is 5.75 Å². The van der Waals surface area contributed by atoms with Gasteiger partial charge in [0.1, 0.15) is 5.01 Å². The van der Waals surface area contributed by atoms with Crippen molar-refractivity contribution >= 4 is 46.5 Å². The van der Waals surface area contributed by atoms with Crippen molar-refractivity contribution in [2.45, 2.75) is 27.2 Å². The van der Waals surface area contributed by atoms with Crippen molar-refractivity contribution < 1.29 is 9.90 Å². The number of hydrogen-bond donors (Lipinski definition) is 1. The van der Waals surface area contributed by atoms with Crippen LogP contribution in [0.3, 0.4) is 0 Å². The summed E-state index contributed by atoms with van der Waals surface area (Å²) in [6.07, 6.45) is 4.93. The smallest absolute Gasteiger partial charge is 0.313 e. The van der Waals surface area contributed by atoms with Gasteiger partial charge in [0.05, 0.1) is 11.4 Å². The molecular formula is C22H25NO2S3. The minimum absolute atomic E-state index is 0.146. The highest BCUT2D eigenvalue weighted by Gasteiger charge is 2.11. The zero-order valence-corrected chi connectivity index (χ0v) is 18.8. The van der Waals surface area contributed by atoms with Gasteiger partial charge in [-0.25, -0.2) is 4.98 Å². The van der Waals surface area contributed by atoms with Crippen LogP contribution < -0.4 is 0 Å². The van der Waals surface area contributed by atoms with Gasteiger partial charge in [0, 0.05) is 32.4 Å². The summed E-state index contributed by atoms with van der Waals surface area (Å²) in [5.41, 5.74) is 2.31. The van der Waals surface area contributed by atoms with E-state index in [4.69, 9.17) is 10.1 Å². The second-order valence-electron chi connectivity index (χ2n) is 5.68. The second-order valence-corrected chi connectivity index (χ2v) is 9.11. The van der Waals surface area contributed by atoms with Crippen LogP contribution in [0.5, 0.6) is 0 Å². The number of thiazole rings is 1. The highest BCUT2D eigenvalue weighted by Crippen LogP contribution is 2.30. The quantitative estimate of drug-likeness (QED) is 0.407. The van der Waals surface area contributed by atoms with Crippen molar-refractivity contribution in [3.63, 3.8) is 0 Å². The summed E-state index contributed by atoms with van der Waals surface area (Å²) in [4.78, 5) is 19.1. The van der Waals surface area contributed by atoms with E-state index in [1.54, 1.807) is 22.7 Å². The molecule has 148 valence electrons. The van der Waals surface area contributed by atoms with Crippen molar-refractivity contribution in [2.75, 3.05) is 11.5 Å². The van der Waals surface area contributed by atoms with Gasteiger partial charge < -0.3 is 5.11 Å². The maximum absolute atomic E-state index is 10.5. The zero-order chi connectivity index (χ0) is 20.4. The number of aryl methyl sites for hydroxylation is 1. The number of rotatable bonds is 8. The second kappa shape index (κ2) is 11.8. The Labute approximate surface area is 179 Å². The van der Waals surface area contributed by atoms with E-state index in [0.29, 0.717) is 5.75 Å². The van der Waals surface area contributed by atoms with E-state index in [1.165, 1.54) is 32.0 Å². The lowest BCUT2D eigenvalue weighted by molar-refractivity contribution is -0.133. The first-order chi connectivity index (χ1) is 13.6. The van der Waals surface area contributed by atoms with E-state index in [1.807, 2.05) is 38.1 Å². The van der Waals surface area contributed by atoms with Crippen LogP contribution in [-0.2, 0) is 11.2 Å². The molecule has 28 heavy (non-hydrogen) atoms. The number of carbonyl (C=O) groups is 1. The molecule has 3 nitrogen and oxygen atoms in total. The first-order valence-corrected chi connectivity index (χ1v) is 12.0. The predicted molar refractivity (Wildman–Crippen MR) is 125 cm³/mol. The number of thioether (sulfide) groups is 1. The fraction of sp³-hybridized carbons (Fsp3) is 0.273. The third-order valence-electron chi connectivity index (χ3n) is 3.66. The van der Waals surface area contributed by atoms with Gasteiger partial charge in [-0.15, -0.1) is 34.4 Å². The summed E-state index contributed by atoms with van der Waals surface area (Å²) in [6, 6.07) is 14.5. The van der Waals surface area contributed by atoms with Gasteiger partial charge >= 0.3 is 5.97 Å². The highest BCUT2D eigenvalue weighted by molar-refractivity contribution is 8.00. The number of benzene rings is 1. The van der Waals surface area contributed by atoms with Crippen molar-refractivity contribution in [3.05, 3.63) is 68.9 Å². The van der Waals surface area contributed by atoms with Crippen LogP contribution in [0.4, 0.5) is 0 Å². The van der Waals surface area contributed by atoms with Gasteiger partial charge in [0.2, 0.25) is 0 Å². The average molecular weight is 432 g/mol. The topological polar surface area (TPSA) is 50.2 Å². The van der Waals surface area contributed by atoms with E-state index >= 15 is 0 Å². The number of aliphatic carboxylic acids is 1. The number of aromatic nitrogens is 1. The molecule has 0 saturated carbocycles. The largest absolute Gasteiger partial charge is 0.481 e. The lowest BCUT2D eigenvalue weighted by atomic mass is 10.2. The Morgan fingerprint density at radius 2 is 1.89 bits per heavy atom. The van der Waals surface area contributed by atoms with Gasteiger partial charge in [-0.1, -0.05) is 50.3 Å². The van der Waals surface area contributed by atoms with E-state index in [9.17, 15) is 4.79 Å². The highest BCUT2D eigenvalue weighted by atomic mass is 32.2. The van der Waals surface area contributed by atoms with Gasteiger partial charge in [-0.3, -0.25) is 4.79 Å².